The van der Waals surface area contributed by atoms with E-state index < -0.39 is 0 Å². The molecule has 192 valence electrons. The third-order valence-corrected chi connectivity index (χ3v) is 6.19. The molecule has 0 fully saturated rings. The molecule has 0 saturated heterocycles. The highest BCUT2D eigenvalue weighted by Crippen LogP contribution is 2.35. The summed E-state index contributed by atoms with van der Waals surface area (Å²) in [6.07, 6.45) is 1.67. The summed E-state index contributed by atoms with van der Waals surface area (Å²) in [7, 11) is 0. The Hall–Kier alpha value is -5.23. The molecule has 6 nitrogen and oxygen atoms in total. The fourth-order valence-electron chi connectivity index (χ4n) is 4.39. The molecule has 1 amide bonds. The van der Waals surface area contributed by atoms with E-state index in [1.54, 1.807) is 37.4 Å². The maximum Gasteiger partial charge on any atom is 0.338 e. The number of carbonyl (C=O) groups excluding carboxylic acids is 2. The van der Waals surface area contributed by atoms with Crippen molar-refractivity contribution in [2.45, 2.75) is 6.92 Å². The quantitative estimate of drug-likeness (QED) is 0.142. The second kappa shape index (κ2) is 11.9. The Morgan fingerprint density at radius 3 is 1.97 bits per heavy atom. The van der Waals surface area contributed by atoms with Crippen molar-refractivity contribution in [2.24, 2.45) is 5.10 Å². The number of hydrazone groups is 1. The Labute approximate surface area is 227 Å². The fraction of sp³-hybridized carbons (Fsp3) is 0.0606. The van der Waals surface area contributed by atoms with E-state index >= 15 is 0 Å². The summed E-state index contributed by atoms with van der Waals surface area (Å²) in [6, 6.07) is 38.4. The van der Waals surface area contributed by atoms with Crippen LogP contribution in [0.2, 0.25) is 0 Å². The number of hydrogen-bond acceptors (Lipinski definition) is 4. The van der Waals surface area contributed by atoms with Crippen molar-refractivity contribution >= 4 is 18.1 Å². The van der Waals surface area contributed by atoms with Crippen LogP contribution >= 0.6 is 0 Å². The number of nitrogens with one attached hydrogen (secondary N) is 1. The highest BCUT2D eigenvalue weighted by molar-refractivity contribution is 5.97. The number of benzene rings is 4. The predicted molar refractivity (Wildman–Crippen MR) is 154 cm³/mol. The Morgan fingerprint density at radius 2 is 1.36 bits per heavy atom. The van der Waals surface area contributed by atoms with Gasteiger partial charge >= 0.3 is 5.97 Å². The lowest BCUT2D eigenvalue weighted by molar-refractivity contribution is 0.0526. The number of nitrogens with zero attached hydrogens (tertiary/aromatic N) is 2. The molecule has 5 aromatic rings. The van der Waals surface area contributed by atoms with Gasteiger partial charge in [-0.2, -0.15) is 5.10 Å². The molecule has 0 aliphatic rings. The number of esters is 1. The van der Waals surface area contributed by atoms with Crippen molar-refractivity contribution in [3.8, 4) is 28.2 Å². The van der Waals surface area contributed by atoms with Gasteiger partial charge in [0.15, 0.2) is 0 Å². The van der Waals surface area contributed by atoms with Crippen LogP contribution in [-0.4, -0.2) is 29.3 Å². The van der Waals surface area contributed by atoms with Gasteiger partial charge in [0.25, 0.3) is 5.91 Å². The van der Waals surface area contributed by atoms with Crippen LogP contribution in [-0.2, 0) is 4.74 Å². The van der Waals surface area contributed by atoms with Crippen molar-refractivity contribution < 1.29 is 14.3 Å². The van der Waals surface area contributed by atoms with Crippen LogP contribution in [0.5, 0.6) is 0 Å². The molecule has 0 atom stereocenters. The first-order chi connectivity index (χ1) is 19.2. The number of carbonyl (C=O) groups is 2. The maximum atomic E-state index is 12.6. The zero-order valence-electron chi connectivity index (χ0n) is 21.5. The second-order valence-electron chi connectivity index (χ2n) is 8.73. The number of aromatic nitrogens is 1. The molecular formula is C33H27N3O3. The van der Waals surface area contributed by atoms with E-state index in [1.165, 1.54) is 0 Å². The van der Waals surface area contributed by atoms with Crippen molar-refractivity contribution in [1.82, 2.24) is 9.99 Å². The molecule has 4 aromatic carbocycles. The Bertz CT molecular complexity index is 1590. The molecule has 0 saturated carbocycles. The zero-order chi connectivity index (χ0) is 27.0. The zero-order valence-corrected chi connectivity index (χ0v) is 21.5. The molecule has 0 spiro atoms. The molecular weight excluding hydrogens is 486 g/mol. The molecule has 1 aromatic heterocycles. The second-order valence-corrected chi connectivity index (χ2v) is 8.73. The smallest absolute Gasteiger partial charge is 0.338 e. The van der Waals surface area contributed by atoms with Crippen molar-refractivity contribution in [1.29, 1.82) is 0 Å². The molecule has 1 N–H and O–H groups in total. The summed E-state index contributed by atoms with van der Waals surface area (Å²) >= 11 is 0. The van der Waals surface area contributed by atoms with Crippen molar-refractivity contribution in [3.05, 3.63) is 138 Å². The van der Waals surface area contributed by atoms with Gasteiger partial charge in [-0.15, -0.1) is 0 Å². The maximum absolute atomic E-state index is 12.6. The van der Waals surface area contributed by atoms with E-state index in [4.69, 9.17) is 4.74 Å². The number of amides is 1. The summed E-state index contributed by atoms with van der Waals surface area (Å²) in [6.45, 7) is 2.10. The summed E-state index contributed by atoms with van der Waals surface area (Å²) in [5, 5.41) is 4.30. The van der Waals surface area contributed by atoms with Crippen LogP contribution in [0.4, 0.5) is 0 Å². The number of ether oxygens (including phenoxy) is 1. The monoisotopic (exact) mass is 513 g/mol. The largest absolute Gasteiger partial charge is 0.462 e. The Kier molecular flexibility index (Phi) is 7.74. The minimum Gasteiger partial charge on any atom is -0.462 e. The average Bonchev–Trinajstić information content (AvgIpc) is 3.38. The van der Waals surface area contributed by atoms with Crippen LogP contribution in [0, 0.1) is 0 Å². The van der Waals surface area contributed by atoms with E-state index in [-0.39, 0.29) is 11.9 Å². The van der Waals surface area contributed by atoms with Gasteiger partial charge in [0.2, 0.25) is 0 Å². The Morgan fingerprint density at radius 1 is 0.769 bits per heavy atom. The third-order valence-electron chi connectivity index (χ3n) is 6.19. The van der Waals surface area contributed by atoms with E-state index in [2.05, 4.69) is 21.2 Å². The van der Waals surface area contributed by atoms with Gasteiger partial charge in [-0.05, 0) is 60.5 Å². The van der Waals surface area contributed by atoms with Gasteiger partial charge in [0.05, 0.1) is 29.8 Å². The third kappa shape index (κ3) is 5.70. The van der Waals surface area contributed by atoms with Gasteiger partial charge in [0, 0.05) is 16.8 Å². The molecule has 1 heterocycles. The van der Waals surface area contributed by atoms with Gasteiger partial charge < -0.3 is 9.30 Å². The van der Waals surface area contributed by atoms with Gasteiger partial charge in [0.1, 0.15) is 0 Å². The highest BCUT2D eigenvalue weighted by atomic mass is 16.5. The molecule has 0 aliphatic carbocycles. The Balaban J connectivity index is 1.63. The van der Waals surface area contributed by atoms with Crippen LogP contribution in [0.25, 0.3) is 28.2 Å². The SMILES string of the molecule is CCOC(=O)c1ccc(-n2c(-c3ccccc3)cc(/C=N\NC(=O)c3ccccc3)c2-c2ccccc2)cc1. The highest BCUT2D eigenvalue weighted by Gasteiger charge is 2.19. The first-order valence-corrected chi connectivity index (χ1v) is 12.7. The fourth-order valence-corrected chi connectivity index (χ4v) is 4.39. The van der Waals surface area contributed by atoms with E-state index in [9.17, 15) is 9.59 Å². The van der Waals surface area contributed by atoms with Crippen molar-refractivity contribution in [2.75, 3.05) is 6.61 Å². The topological polar surface area (TPSA) is 72.7 Å². The lowest BCUT2D eigenvalue weighted by Gasteiger charge is -2.15. The minimum absolute atomic E-state index is 0.287. The molecule has 39 heavy (non-hydrogen) atoms. The molecule has 0 bridgehead atoms. The minimum atomic E-state index is -0.356. The number of rotatable bonds is 8. The van der Waals surface area contributed by atoms with Gasteiger partial charge in [-0.1, -0.05) is 78.9 Å². The first-order valence-electron chi connectivity index (χ1n) is 12.7. The lowest BCUT2D eigenvalue weighted by Crippen LogP contribution is -2.17. The summed E-state index contributed by atoms with van der Waals surface area (Å²) in [5.41, 5.74) is 9.17. The van der Waals surface area contributed by atoms with E-state index in [0.29, 0.717) is 17.7 Å². The van der Waals surface area contributed by atoms with Gasteiger partial charge in [-0.3, -0.25) is 4.79 Å². The van der Waals surface area contributed by atoms with E-state index in [1.807, 2.05) is 91.0 Å². The van der Waals surface area contributed by atoms with Crippen molar-refractivity contribution in [3.63, 3.8) is 0 Å². The van der Waals surface area contributed by atoms with Crippen LogP contribution < -0.4 is 5.43 Å². The lowest BCUT2D eigenvalue weighted by atomic mass is 10.1. The summed E-state index contributed by atoms with van der Waals surface area (Å²) < 4.78 is 7.30. The standard InChI is InChI=1S/C33H27N3O3/c1-2-39-33(38)27-18-20-29(21-19-27)36-30(24-12-6-3-7-13-24)22-28(31(36)25-14-8-4-9-15-25)23-34-35-32(37)26-16-10-5-11-17-26/h3-23H,2H2,1H3,(H,35,37)/b34-23-. The summed E-state index contributed by atoms with van der Waals surface area (Å²) in [4.78, 5) is 24.8. The molecule has 5 rings (SSSR count). The predicted octanol–water partition coefficient (Wildman–Crippen LogP) is 6.75. The average molecular weight is 514 g/mol. The summed E-state index contributed by atoms with van der Waals surface area (Å²) in [5.74, 6) is -0.643. The normalized spacial score (nSPS) is 10.9. The van der Waals surface area contributed by atoms with Gasteiger partial charge in [-0.25, -0.2) is 10.2 Å². The van der Waals surface area contributed by atoms with E-state index in [0.717, 1.165) is 33.8 Å². The van der Waals surface area contributed by atoms with Crippen LogP contribution in [0.3, 0.4) is 0 Å². The number of hydrogen-bond donors (Lipinski definition) is 1. The molecule has 6 heteroatoms. The molecule has 0 radical (unpaired) electrons. The first kappa shape index (κ1) is 25.4. The molecule has 0 aliphatic heterocycles. The van der Waals surface area contributed by atoms with Crippen LogP contribution in [0.1, 0.15) is 33.2 Å². The molecule has 0 unspecified atom stereocenters. The van der Waals surface area contributed by atoms with Crippen LogP contribution in [0.15, 0.2) is 126 Å².